The lowest BCUT2D eigenvalue weighted by molar-refractivity contribution is -0.118. The van der Waals surface area contributed by atoms with Crippen LogP contribution in [0.25, 0.3) is 17.1 Å². The number of phenolic OH excluding ortho intramolecular Hbond substituents is 1. The zero-order chi connectivity index (χ0) is 24.8. The average molecular weight is 553 g/mol. The molecule has 0 aliphatic carbocycles. The molecule has 2 heterocycles. The van der Waals surface area contributed by atoms with Crippen molar-refractivity contribution < 1.29 is 14.6 Å². The molecule has 2 aromatic heterocycles. The van der Waals surface area contributed by atoms with E-state index in [0.717, 1.165) is 16.8 Å². The molecule has 0 saturated heterocycles. The molecule has 11 heteroatoms. The molecule has 0 bridgehead atoms. The van der Waals surface area contributed by atoms with Crippen LogP contribution in [0.1, 0.15) is 11.1 Å². The van der Waals surface area contributed by atoms with Crippen molar-refractivity contribution in [2.75, 3.05) is 12.9 Å². The van der Waals surface area contributed by atoms with E-state index in [1.54, 1.807) is 24.5 Å². The molecule has 2 aromatic carbocycles. The van der Waals surface area contributed by atoms with Crippen LogP contribution in [0.15, 0.2) is 75.7 Å². The fourth-order valence-electron chi connectivity index (χ4n) is 3.14. The minimum absolute atomic E-state index is 0.00564. The molecule has 9 nitrogen and oxygen atoms in total. The van der Waals surface area contributed by atoms with Gasteiger partial charge < -0.3 is 9.84 Å². The number of hydrazone groups is 1. The summed E-state index contributed by atoms with van der Waals surface area (Å²) in [4.78, 5) is 16.5. The Balaban J connectivity index is 1.48. The summed E-state index contributed by atoms with van der Waals surface area (Å²) in [6, 6.07) is 15.0. The van der Waals surface area contributed by atoms with Gasteiger partial charge in [-0.2, -0.15) is 5.10 Å². The number of nitrogens with zero attached hydrogens (tertiary/aromatic N) is 5. The van der Waals surface area contributed by atoms with Crippen LogP contribution in [0.4, 0.5) is 0 Å². The van der Waals surface area contributed by atoms with Crippen molar-refractivity contribution in [1.29, 1.82) is 0 Å². The maximum absolute atomic E-state index is 12.4. The van der Waals surface area contributed by atoms with Gasteiger partial charge in [-0.25, -0.2) is 5.43 Å². The Kier molecular flexibility index (Phi) is 7.78. The zero-order valence-electron chi connectivity index (χ0n) is 18.8. The third-order valence-corrected chi connectivity index (χ3v) is 6.40. The van der Waals surface area contributed by atoms with Crippen LogP contribution in [-0.2, 0) is 4.79 Å². The summed E-state index contributed by atoms with van der Waals surface area (Å²) in [6.07, 6.45) is 4.86. The van der Waals surface area contributed by atoms with Crippen molar-refractivity contribution in [1.82, 2.24) is 25.2 Å². The van der Waals surface area contributed by atoms with Crippen LogP contribution >= 0.6 is 27.7 Å². The van der Waals surface area contributed by atoms with Crippen LogP contribution in [0, 0.1) is 6.92 Å². The largest absolute Gasteiger partial charge is 0.503 e. The number of aryl methyl sites for hydroxylation is 1. The van der Waals surface area contributed by atoms with E-state index >= 15 is 0 Å². The number of aromatic hydroxyl groups is 1. The number of carbonyl (C=O) groups excluding carboxylic acids is 1. The number of halogens is 1. The first-order chi connectivity index (χ1) is 17.0. The second-order valence-electron chi connectivity index (χ2n) is 7.35. The van der Waals surface area contributed by atoms with Crippen LogP contribution < -0.4 is 10.2 Å². The molecule has 2 N–H and O–H groups in total. The molecule has 178 valence electrons. The molecule has 0 unspecified atom stereocenters. The Labute approximate surface area is 214 Å². The molecular formula is C24H21BrN6O3S. The van der Waals surface area contributed by atoms with E-state index in [0.29, 0.717) is 26.8 Å². The third-order valence-electron chi connectivity index (χ3n) is 4.87. The molecule has 0 fully saturated rings. The van der Waals surface area contributed by atoms with Gasteiger partial charge in [-0.05, 0) is 64.8 Å². The van der Waals surface area contributed by atoms with Crippen molar-refractivity contribution in [3.05, 3.63) is 76.5 Å². The quantitative estimate of drug-likeness (QED) is 0.189. The van der Waals surface area contributed by atoms with Gasteiger partial charge in [0.1, 0.15) is 0 Å². The number of hydrogen-bond donors (Lipinski definition) is 2. The Morgan fingerprint density at radius 1 is 1.20 bits per heavy atom. The first-order valence-electron chi connectivity index (χ1n) is 10.4. The number of methoxy groups -OCH3 is 1. The van der Waals surface area contributed by atoms with Gasteiger partial charge in [0, 0.05) is 23.6 Å². The number of hydrogen-bond acceptors (Lipinski definition) is 8. The topological polar surface area (TPSA) is 115 Å². The Hall–Kier alpha value is -3.70. The highest BCUT2D eigenvalue weighted by Gasteiger charge is 2.17. The predicted molar refractivity (Wildman–Crippen MR) is 138 cm³/mol. The van der Waals surface area contributed by atoms with Crippen LogP contribution in [0.2, 0.25) is 0 Å². The summed E-state index contributed by atoms with van der Waals surface area (Å²) in [7, 11) is 1.46. The van der Waals surface area contributed by atoms with Gasteiger partial charge in [0.15, 0.2) is 22.5 Å². The van der Waals surface area contributed by atoms with Crippen LogP contribution in [0.3, 0.4) is 0 Å². The number of ether oxygens (including phenoxy) is 1. The first kappa shape index (κ1) is 24.4. The predicted octanol–water partition coefficient (Wildman–Crippen LogP) is 4.36. The molecule has 1 amide bonds. The van der Waals surface area contributed by atoms with E-state index in [-0.39, 0.29) is 17.4 Å². The van der Waals surface area contributed by atoms with Gasteiger partial charge >= 0.3 is 0 Å². The minimum atomic E-state index is -0.306. The van der Waals surface area contributed by atoms with E-state index < -0.39 is 0 Å². The highest BCUT2D eigenvalue weighted by atomic mass is 79.9. The number of amides is 1. The van der Waals surface area contributed by atoms with Crippen molar-refractivity contribution >= 4 is 39.8 Å². The number of pyridine rings is 1. The molecule has 0 aliphatic heterocycles. The molecule has 4 aromatic rings. The summed E-state index contributed by atoms with van der Waals surface area (Å²) >= 11 is 4.51. The van der Waals surface area contributed by atoms with Gasteiger partial charge in [-0.3, -0.25) is 14.3 Å². The maximum atomic E-state index is 12.4. The lowest BCUT2D eigenvalue weighted by Crippen LogP contribution is -2.20. The fourth-order valence-corrected chi connectivity index (χ4v) is 4.35. The first-order valence-corrected chi connectivity index (χ1v) is 12.2. The smallest absolute Gasteiger partial charge is 0.250 e. The Morgan fingerprint density at radius 2 is 1.94 bits per heavy atom. The number of rotatable bonds is 8. The van der Waals surface area contributed by atoms with Crippen LogP contribution in [-0.4, -0.2) is 49.8 Å². The van der Waals surface area contributed by atoms with E-state index in [9.17, 15) is 9.90 Å². The van der Waals surface area contributed by atoms with Crippen molar-refractivity contribution in [2.24, 2.45) is 5.10 Å². The second kappa shape index (κ2) is 11.2. The maximum Gasteiger partial charge on any atom is 0.250 e. The van der Waals surface area contributed by atoms with E-state index in [4.69, 9.17) is 4.74 Å². The van der Waals surface area contributed by atoms with Crippen molar-refractivity contribution in [3.8, 4) is 28.6 Å². The number of benzene rings is 2. The molecule has 0 saturated carbocycles. The number of nitrogens with one attached hydrogen (secondary N) is 1. The van der Waals surface area contributed by atoms with E-state index in [1.807, 2.05) is 47.9 Å². The lowest BCUT2D eigenvalue weighted by atomic mass is 10.2. The molecule has 0 spiro atoms. The standard InChI is InChI=1S/C24H21BrN6O3S/c1-15-3-5-18(6-4-15)31-23(17-7-9-26-10-8-17)29-30-24(31)35-14-21(32)28-27-13-16-11-19(25)22(33)20(12-16)34-2/h3-13,33H,14H2,1-2H3,(H,28,32). The summed E-state index contributed by atoms with van der Waals surface area (Å²) < 4.78 is 7.49. The van der Waals surface area contributed by atoms with Gasteiger partial charge in [0.05, 0.1) is 23.5 Å². The normalized spacial score (nSPS) is 11.1. The number of phenols is 1. The summed E-state index contributed by atoms with van der Waals surface area (Å²) in [5.74, 6) is 0.723. The number of thioether (sulfide) groups is 1. The summed E-state index contributed by atoms with van der Waals surface area (Å²) in [5, 5.41) is 23.2. The molecule has 0 atom stereocenters. The SMILES string of the molecule is COc1cc(C=NNC(=O)CSc2nnc(-c3ccncc3)n2-c2ccc(C)cc2)cc(Br)c1O. The van der Waals surface area contributed by atoms with Gasteiger partial charge in [0.2, 0.25) is 0 Å². The van der Waals surface area contributed by atoms with E-state index in [2.05, 4.69) is 41.6 Å². The average Bonchev–Trinajstić information content (AvgIpc) is 3.29. The third kappa shape index (κ3) is 5.87. The number of carbonyl (C=O) groups is 1. The van der Waals surface area contributed by atoms with Gasteiger partial charge in [0.25, 0.3) is 5.91 Å². The molecule has 35 heavy (non-hydrogen) atoms. The monoisotopic (exact) mass is 552 g/mol. The second-order valence-corrected chi connectivity index (χ2v) is 9.15. The Bertz CT molecular complexity index is 1360. The summed E-state index contributed by atoms with van der Waals surface area (Å²) in [6.45, 7) is 2.02. The fraction of sp³-hybridized carbons (Fsp3) is 0.125. The molecule has 0 radical (unpaired) electrons. The van der Waals surface area contributed by atoms with Crippen molar-refractivity contribution in [3.63, 3.8) is 0 Å². The van der Waals surface area contributed by atoms with Gasteiger partial charge in [-0.1, -0.05) is 29.5 Å². The van der Waals surface area contributed by atoms with Gasteiger partial charge in [-0.15, -0.1) is 10.2 Å². The Morgan fingerprint density at radius 3 is 2.66 bits per heavy atom. The lowest BCUT2D eigenvalue weighted by Gasteiger charge is -2.10. The highest BCUT2D eigenvalue weighted by molar-refractivity contribution is 9.10. The van der Waals surface area contributed by atoms with Crippen LogP contribution in [0.5, 0.6) is 11.5 Å². The van der Waals surface area contributed by atoms with Crippen molar-refractivity contribution in [2.45, 2.75) is 12.1 Å². The van der Waals surface area contributed by atoms with E-state index in [1.165, 1.54) is 25.1 Å². The molecular weight excluding hydrogens is 532 g/mol. The minimum Gasteiger partial charge on any atom is -0.503 e. The molecule has 0 aliphatic rings. The zero-order valence-corrected chi connectivity index (χ0v) is 21.2. The highest BCUT2D eigenvalue weighted by Crippen LogP contribution is 2.34. The molecule has 4 rings (SSSR count). The number of aromatic nitrogens is 4. The summed E-state index contributed by atoms with van der Waals surface area (Å²) in [5.41, 5.74) is 6.03.